The lowest BCUT2D eigenvalue weighted by atomic mass is 9.97. The molecule has 0 aliphatic carbocycles. The normalized spacial score (nSPS) is 15.0. The fourth-order valence-electron chi connectivity index (χ4n) is 2.93. The van der Waals surface area contributed by atoms with Crippen molar-refractivity contribution in [3.05, 3.63) is 30.0 Å². The number of thioether (sulfide) groups is 1. The number of aliphatic hydroxyl groups is 1. The fraction of sp³-hybridized carbons (Fsp3) is 0.609. The third-order valence-corrected chi connectivity index (χ3v) is 6.31. The highest BCUT2D eigenvalue weighted by molar-refractivity contribution is 8.00. The van der Waals surface area contributed by atoms with Gasteiger partial charge in [-0.15, -0.1) is 11.8 Å². The zero-order valence-electron chi connectivity index (χ0n) is 19.0. The number of aromatic amines is 1. The summed E-state index contributed by atoms with van der Waals surface area (Å²) in [5.74, 6) is 1.43. The summed E-state index contributed by atoms with van der Waals surface area (Å²) in [5.41, 5.74) is 1.19. The number of hydrogen-bond acceptors (Lipinski definition) is 6. The highest BCUT2D eigenvalue weighted by atomic mass is 32.2. The van der Waals surface area contributed by atoms with Gasteiger partial charge in [-0.2, -0.15) is 0 Å². The molecule has 1 heterocycles. The molecule has 3 N–H and O–H groups in total. The van der Waals surface area contributed by atoms with E-state index < -0.39 is 11.5 Å². The van der Waals surface area contributed by atoms with Gasteiger partial charge in [0.2, 0.25) is 0 Å². The standard InChI is InChI=1S/C23H36N2O4S/c1-7-23(6,30-8-2)25-13-17(26)15-28-20-12-16(11-19-18(20)9-10-24-19)14-29-21(27)22(3,4)5/h9-12,17,24-26H,7-8,13-15H2,1-6H3. The van der Waals surface area contributed by atoms with Gasteiger partial charge in [-0.3, -0.25) is 4.79 Å². The van der Waals surface area contributed by atoms with Crippen LogP contribution in [0.4, 0.5) is 0 Å². The Hall–Kier alpha value is -1.70. The molecular formula is C23H36N2O4S. The number of carbonyl (C=O) groups excluding carboxylic acids is 1. The summed E-state index contributed by atoms with van der Waals surface area (Å²) < 4.78 is 11.4. The smallest absolute Gasteiger partial charge is 0.311 e. The molecule has 168 valence electrons. The Kier molecular flexibility index (Phi) is 8.64. The number of ether oxygens (including phenoxy) is 2. The minimum Gasteiger partial charge on any atom is -0.490 e. The molecule has 0 saturated carbocycles. The Morgan fingerprint density at radius 3 is 2.63 bits per heavy atom. The van der Waals surface area contributed by atoms with Crippen molar-refractivity contribution in [1.29, 1.82) is 0 Å². The predicted molar refractivity (Wildman–Crippen MR) is 124 cm³/mol. The second kappa shape index (κ2) is 10.6. The van der Waals surface area contributed by atoms with Crippen molar-refractivity contribution in [1.82, 2.24) is 10.3 Å². The molecule has 1 aromatic carbocycles. The lowest BCUT2D eigenvalue weighted by Gasteiger charge is -2.30. The molecule has 0 saturated heterocycles. The quantitative estimate of drug-likeness (QED) is 0.356. The molecule has 30 heavy (non-hydrogen) atoms. The van der Waals surface area contributed by atoms with Crippen LogP contribution < -0.4 is 10.1 Å². The summed E-state index contributed by atoms with van der Waals surface area (Å²) in [7, 11) is 0. The van der Waals surface area contributed by atoms with Crippen LogP contribution in [0.5, 0.6) is 5.75 Å². The summed E-state index contributed by atoms with van der Waals surface area (Å²) in [6.07, 6.45) is 2.18. The average Bonchev–Trinajstić information content (AvgIpc) is 3.17. The molecule has 0 aliphatic rings. The second-order valence-electron chi connectivity index (χ2n) is 8.72. The van der Waals surface area contributed by atoms with Gasteiger partial charge >= 0.3 is 5.97 Å². The van der Waals surface area contributed by atoms with E-state index in [2.05, 4.69) is 31.1 Å². The van der Waals surface area contributed by atoms with Crippen LogP contribution in [0.1, 0.15) is 53.5 Å². The lowest BCUT2D eigenvalue weighted by molar-refractivity contribution is -0.154. The van der Waals surface area contributed by atoms with Gasteiger partial charge in [-0.25, -0.2) is 0 Å². The van der Waals surface area contributed by atoms with Crippen molar-refractivity contribution >= 4 is 28.6 Å². The van der Waals surface area contributed by atoms with E-state index in [0.717, 1.165) is 28.6 Å². The zero-order valence-corrected chi connectivity index (χ0v) is 19.8. The summed E-state index contributed by atoms with van der Waals surface area (Å²) in [5, 5.41) is 14.8. The molecule has 2 atom stereocenters. The molecule has 0 fully saturated rings. The number of carbonyl (C=O) groups is 1. The summed E-state index contributed by atoms with van der Waals surface area (Å²) in [4.78, 5) is 15.2. The third-order valence-electron chi connectivity index (χ3n) is 4.95. The van der Waals surface area contributed by atoms with Gasteiger partial charge in [-0.05, 0) is 63.6 Å². The minimum atomic E-state index is -0.635. The van der Waals surface area contributed by atoms with Crippen LogP contribution in [0.2, 0.25) is 0 Å². The van der Waals surface area contributed by atoms with Crippen LogP contribution in [-0.4, -0.2) is 45.9 Å². The van der Waals surface area contributed by atoms with Gasteiger partial charge in [0.1, 0.15) is 25.1 Å². The number of esters is 1. The maximum absolute atomic E-state index is 12.1. The van der Waals surface area contributed by atoms with E-state index >= 15 is 0 Å². The van der Waals surface area contributed by atoms with Crippen LogP contribution in [0.25, 0.3) is 10.9 Å². The van der Waals surface area contributed by atoms with E-state index in [0.29, 0.717) is 12.3 Å². The summed E-state index contributed by atoms with van der Waals surface area (Å²) >= 11 is 1.84. The Morgan fingerprint density at radius 1 is 1.27 bits per heavy atom. The van der Waals surface area contributed by atoms with Crippen LogP contribution in [0.15, 0.2) is 24.4 Å². The molecule has 2 unspecified atom stereocenters. The van der Waals surface area contributed by atoms with E-state index in [4.69, 9.17) is 9.47 Å². The second-order valence-corrected chi connectivity index (χ2v) is 10.5. The van der Waals surface area contributed by atoms with Crippen molar-refractivity contribution in [2.75, 3.05) is 18.9 Å². The maximum Gasteiger partial charge on any atom is 0.311 e. The van der Waals surface area contributed by atoms with E-state index in [-0.39, 0.29) is 24.1 Å². The first-order valence-corrected chi connectivity index (χ1v) is 11.5. The topological polar surface area (TPSA) is 83.6 Å². The molecule has 7 heteroatoms. The Labute approximate surface area is 184 Å². The van der Waals surface area contributed by atoms with E-state index in [1.807, 2.05) is 56.9 Å². The maximum atomic E-state index is 12.1. The van der Waals surface area contributed by atoms with Crippen molar-refractivity contribution in [3.63, 3.8) is 0 Å². The molecule has 6 nitrogen and oxygen atoms in total. The van der Waals surface area contributed by atoms with E-state index in [9.17, 15) is 9.90 Å². The van der Waals surface area contributed by atoms with Crippen molar-refractivity contribution in [2.24, 2.45) is 5.41 Å². The van der Waals surface area contributed by atoms with Gasteiger partial charge in [0.15, 0.2) is 0 Å². The Morgan fingerprint density at radius 2 is 2.00 bits per heavy atom. The number of hydrogen-bond donors (Lipinski definition) is 3. The Balaban J connectivity index is 2.01. The summed E-state index contributed by atoms with van der Waals surface area (Å²) in [6, 6.07) is 5.76. The van der Waals surface area contributed by atoms with Crippen LogP contribution in [0, 0.1) is 5.41 Å². The Bertz CT molecular complexity index is 830. The largest absolute Gasteiger partial charge is 0.490 e. The first-order valence-electron chi connectivity index (χ1n) is 10.5. The number of rotatable bonds is 11. The number of aromatic nitrogens is 1. The number of nitrogens with one attached hydrogen (secondary N) is 2. The monoisotopic (exact) mass is 436 g/mol. The van der Waals surface area contributed by atoms with Crippen LogP contribution in [0.3, 0.4) is 0 Å². The number of benzene rings is 1. The molecule has 2 rings (SSSR count). The van der Waals surface area contributed by atoms with Crippen LogP contribution in [-0.2, 0) is 16.1 Å². The van der Waals surface area contributed by atoms with Gasteiger partial charge in [0, 0.05) is 23.6 Å². The van der Waals surface area contributed by atoms with Gasteiger partial charge in [-0.1, -0.05) is 13.8 Å². The van der Waals surface area contributed by atoms with E-state index in [1.165, 1.54) is 0 Å². The number of aliphatic hydroxyl groups excluding tert-OH is 1. The first-order chi connectivity index (χ1) is 14.1. The molecule has 0 aliphatic heterocycles. The molecule has 1 aromatic heterocycles. The third kappa shape index (κ3) is 6.93. The molecule has 0 spiro atoms. The highest BCUT2D eigenvalue weighted by Crippen LogP contribution is 2.28. The highest BCUT2D eigenvalue weighted by Gasteiger charge is 2.24. The molecule has 0 amide bonds. The number of H-pyrrole nitrogens is 1. The molecule has 2 aromatic rings. The van der Waals surface area contributed by atoms with Gasteiger partial charge in [0.25, 0.3) is 0 Å². The summed E-state index contributed by atoms with van der Waals surface area (Å²) in [6.45, 7) is 12.7. The fourth-order valence-corrected chi connectivity index (χ4v) is 3.96. The molecule has 0 bridgehead atoms. The van der Waals surface area contributed by atoms with Gasteiger partial charge < -0.3 is 24.9 Å². The van der Waals surface area contributed by atoms with Crippen molar-refractivity contribution < 1.29 is 19.4 Å². The lowest BCUT2D eigenvalue weighted by Crippen LogP contribution is -2.44. The zero-order chi connectivity index (χ0) is 22.4. The van der Waals surface area contributed by atoms with E-state index in [1.54, 1.807) is 0 Å². The van der Waals surface area contributed by atoms with Gasteiger partial charge in [0.05, 0.1) is 10.3 Å². The SMILES string of the molecule is CCSC(C)(CC)NCC(O)COc1cc(COC(=O)C(C)(C)C)cc2[nH]ccc12. The molecule has 0 radical (unpaired) electrons. The predicted octanol–water partition coefficient (Wildman–Crippen LogP) is 4.47. The average molecular weight is 437 g/mol. The molecular weight excluding hydrogens is 400 g/mol. The van der Waals surface area contributed by atoms with Crippen molar-refractivity contribution in [3.8, 4) is 5.75 Å². The van der Waals surface area contributed by atoms with Crippen molar-refractivity contribution in [2.45, 2.75) is 65.5 Å². The first kappa shape index (κ1) is 24.6. The minimum absolute atomic E-state index is 0.0551. The number of fused-ring (bicyclic) bond motifs is 1. The van der Waals surface area contributed by atoms with Crippen LogP contribution >= 0.6 is 11.8 Å².